The number of benzene rings is 1. The molecule has 0 unspecified atom stereocenters. The first-order valence-corrected chi connectivity index (χ1v) is 8.26. The molecule has 1 aromatic carbocycles. The second-order valence-corrected chi connectivity index (χ2v) is 7.00. The lowest BCUT2D eigenvalue weighted by atomic mass is 10.3. The van der Waals surface area contributed by atoms with Crippen LogP contribution in [0.1, 0.15) is 11.3 Å². The summed E-state index contributed by atoms with van der Waals surface area (Å²) in [5.74, 6) is 2.63. The highest BCUT2D eigenvalue weighted by Gasteiger charge is 2.11. The van der Waals surface area contributed by atoms with Crippen LogP contribution in [0.25, 0.3) is 0 Å². The summed E-state index contributed by atoms with van der Waals surface area (Å²) >= 11 is 9.34. The van der Waals surface area contributed by atoms with E-state index in [0.717, 1.165) is 41.2 Å². The molecule has 100 valence electrons. The summed E-state index contributed by atoms with van der Waals surface area (Å²) in [7, 11) is 0. The number of thiophene rings is 1. The molecule has 0 bridgehead atoms. The number of halogens is 1. The van der Waals surface area contributed by atoms with E-state index in [2.05, 4.69) is 18.2 Å². The van der Waals surface area contributed by atoms with E-state index in [0.29, 0.717) is 0 Å². The van der Waals surface area contributed by atoms with Crippen LogP contribution in [0.5, 0.6) is 11.5 Å². The Morgan fingerprint density at radius 1 is 1.11 bits per heavy atom. The van der Waals surface area contributed by atoms with Crippen molar-refractivity contribution in [2.75, 3.05) is 13.2 Å². The SMILES string of the molecule is Clc1ccc(CSc2ccc3c(c2)OCCCO3)s1. The quantitative estimate of drug-likeness (QED) is 0.754. The normalized spacial score (nSPS) is 14.2. The average molecular weight is 313 g/mol. The Morgan fingerprint density at radius 3 is 2.74 bits per heavy atom. The zero-order chi connectivity index (χ0) is 13.1. The molecule has 2 aromatic rings. The number of hydrogen-bond acceptors (Lipinski definition) is 4. The van der Waals surface area contributed by atoms with Crippen molar-refractivity contribution in [3.63, 3.8) is 0 Å². The molecule has 0 N–H and O–H groups in total. The van der Waals surface area contributed by atoms with E-state index in [1.165, 1.54) is 9.77 Å². The van der Waals surface area contributed by atoms with Crippen molar-refractivity contribution in [2.45, 2.75) is 17.1 Å². The molecule has 0 atom stereocenters. The lowest BCUT2D eigenvalue weighted by Crippen LogP contribution is -1.97. The van der Waals surface area contributed by atoms with Crippen LogP contribution in [-0.2, 0) is 5.75 Å². The minimum Gasteiger partial charge on any atom is -0.490 e. The lowest BCUT2D eigenvalue weighted by Gasteiger charge is -2.08. The highest BCUT2D eigenvalue weighted by atomic mass is 35.5. The van der Waals surface area contributed by atoms with Crippen molar-refractivity contribution < 1.29 is 9.47 Å². The molecule has 1 aromatic heterocycles. The largest absolute Gasteiger partial charge is 0.490 e. The molecule has 1 aliphatic rings. The predicted molar refractivity (Wildman–Crippen MR) is 80.9 cm³/mol. The first-order valence-electron chi connectivity index (χ1n) is 6.08. The Labute approximate surface area is 125 Å². The smallest absolute Gasteiger partial charge is 0.162 e. The Hall–Kier alpha value is -0.840. The second kappa shape index (κ2) is 6.07. The van der Waals surface area contributed by atoms with Gasteiger partial charge in [0.15, 0.2) is 11.5 Å². The van der Waals surface area contributed by atoms with Gasteiger partial charge in [-0.3, -0.25) is 0 Å². The van der Waals surface area contributed by atoms with Gasteiger partial charge >= 0.3 is 0 Å². The zero-order valence-corrected chi connectivity index (χ0v) is 12.6. The van der Waals surface area contributed by atoms with E-state index in [1.54, 1.807) is 23.1 Å². The first-order chi connectivity index (χ1) is 9.31. The summed E-state index contributed by atoms with van der Waals surface area (Å²) in [5.41, 5.74) is 0. The van der Waals surface area contributed by atoms with Crippen molar-refractivity contribution in [2.24, 2.45) is 0 Å². The van der Waals surface area contributed by atoms with Crippen molar-refractivity contribution in [3.8, 4) is 11.5 Å². The highest BCUT2D eigenvalue weighted by molar-refractivity contribution is 7.98. The number of thioether (sulfide) groups is 1. The third-order valence-corrected chi connectivity index (χ3v) is 5.19. The molecule has 0 amide bonds. The molecule has 0 aliphatic carbocycles. The number of hydrogen-bond donors (Lipinski definition) is 0. The van der Waals surface area contributed by atoms with Crippen LogP contribution in [0, 0.1) is 0 Å². The maximum absolute atomic E-state index is 5.93. The van der Waals surface area contributed by atoms with E-state index in [-0.39, 0.29) is 0 Å². The molecule has 2 nitrogen and oxygen atoms in total. The molecule has 1 aliphatic heterocycles. The lowest BCUT2D eigenvalue weighted by molar-refractivity contribution is 0.297. The first kappa shape index (κ1) is 13.2. The fraction of sp³-hybridized carbons (Fsp3) is 0.286. The van der Waals surface area contributed by atoms with Crippen LogP contribution in [-0.4, -0.2) is 13.2 Å². The third kappa shape index (κ3) is 3.38. The number of fused-ring (bicyclic) bond motifs is 1. The molecule has 0 saturated heterocycles. The molecule has 0 saturated carbocycles. The molecule has 2 heterocycles. The van der Waals surface area contributed by atoms with Gasteiger partial charge in [0.05, 0.1) is 17.6 Å². The van der Waals surface area contributed by atoms with Crippen LogP contribution in [0.2, 0.25) is 4.34 Å². The molecule has 5 heteroatoms. The number of ether oxygens (including phenoxy) is 2. The maximum atomic E-state index is 5.93. The van der Waals surface area contributed by atoms with Crippen LogP contribution in [0.3, 0.4) is 0 Å². The third-order valence-electron chi connectivity index (χ3n) is 2.73. The predicted octanol–water partition coefficient (Wildman–Crippen LogP) is 4.86. The van der Waals surface area contributed by atoms with Gasteiger partial charge in [-0.25, -0.2) is 0 Å². The average Bonchev–Trinajstić information content (AvgIpc) is 2.70. The molecular formula is C14H13ClO2S2. The summed E-state index contributed by atoms with van der Waals surface area (Å²) in [5, 5.41) is 0. The summed E-state index contributed by atoms with van der Waals surface area (Å²) in [6.45, 7) is 1.45. The molecule has 0 radical (unpaired) electrons. The fourth-order valence-corrected chi connectivity index (χ4v) is 3.87. The monoisotopic (exact) mass is 312 g/mol. The van der Waals surface area contributed by atoms with Gasteiger partial charge in [-0.05, 0) is 30.3 Å². The van der Waals surface area contributed by atoms with Crippen molar-refractivity contribution >= 4 is 34.7 Å². The van der Waals surface area contributed by atoms with Gasteiger partial charge in [0, 0.05) is 21.9 Å². The molecule has 0 spiro atoms. The van der Waals surface area contributed by atoms with E-state index >= 15 is 0 Å². The van der Waals surface area contributed by atoms with Gasteiger partial charge in [0.1, 0.15) is 0 Å². The Morgan fingerprint density at radius 2 is 1.95 bits per heavy atom. The zero-order valence-electron chi connectivity index (χ0n) is 10.2. The van der Waals surface area contributed by atoms with Crippen LogP contribution in [0.15, 0.2) is 35.2 Å². The van der Waals surface area contributed by atoms with Gasteiger partial charge in [-0.2, -0.15) is 0 Å². The number of rotatable bonds is 3. The summed E-state index contributed by atoms with van der Waals surface area (Å²) in [4.78, 5) is 2.47. The Kier molecular flexibility index (Phi) is 4.21. The fourth-order valence-electron chi connectivity index (χ4n) is 1.82. The van der Waals surface area contributed by atoms with Crippen molar-refractivity contribution in [1.29, 1.82) is 0 Å². The van der Waals surface area contributed by atoms with Gasteiger partial charge in [0.25, 0.3) is 0 Å². The van der Waals surface area contributed by atoms with Crippen LogP contribution >= 0.6 is 34.7 Å². The van der Waals surface area contributed by atoms with Gasteiger partial charge in [0.2, 0.25) is 0 Å². The van der Waals surface area contributed by atoms with Crippen molar-refractivity contribution in [1.82, 2.24) is 0 Å². The van der Waals surface area contributed by atoms with E-state index in [9.17, 15) is 0 Å². The summed E-state index contributed by atoms with van der Waals surface area (Å²) in [6.07, 6.45) is 0.935. The highest BCUT2D eigenvalue weighted by Crippen LogP contribution is 2.35. The van der Waals surface area contributed by atoms with Crippen LogP contribution < -0.4 is 9.47 Å². The second-order valence-electron chi connectivity index (χ2n) is 4.15. The summed E-state index contributed by atoms with van der Waals surface area (Å²) in [6, 6.07) is 10.1. The van der Waals surface area contributed by atoms with Crippen molar-refractivity contribution in [3.05, 3.63) is 39.5 Å². The maximum Gasteiger partial charge on any atom is 0.162 e. The van der Waals surface area contributed by atoms with Gasteiger partial charge in [-0.1, -0.05) is 11.6 Å². The minimum absolute atomic E-state index is 0.724. The molecule has 3 rings (SSSR count). The van der Waals surface area contributed by atoms with Crippen LogP contribution in [0.4, 0.5) is 0 Å². The Balaban J connectivity index is 1.69. The molecular weight excluding hydrogens is 300 g/mol. The van der Waals surface area contributed by atoms with E-state index in [1.807, 2.05) is 12.1 Å². The minimum atomic E-state index is 0.724. The molecule has 0 fully saturated rings. The van der Waals surface area contributed by atoms with Gasteiger partial charge in [-0.15, -0.1) is 23.1 Å². The van der Waals surface area contributed by atoms with Gasteiger partial charge < -0.3 is 9.47 Å². The van der Waals surface area contributed by atoms with E-state index in [4.69, 9.17) is 21.1 Å². The molecule has 19 heavy (non-hydrogen) atoms. The Bertz CT molecular complexity index is 568. The topological polar surface area (TPSA) is 18.5 Å². The standard InChI is InChI=1S/C14H13ClO2S2/c15-14-5-3-11(19-14)9-18-10-2-4-12-13(8-10)17-7-1-6-16-12/h2-5,8H,1,6-7,9H2. The van der Waals surface area contributed by atoms with E-state index < -0.39 is 0 Å². The summed E-state index contributed by atoms with van der Waals surface area (Å²) < 4.78 is 12.2.